The van der Waals surface area contributed by atoms with Gasteiger partial charge in [-0.25, -0.2) is 4.39 Å². The van der Waals surface area contributed by atoms with Crippen molar-refractivity contribution >= 4 is 11.6 Å². The second-order valence-electron chi connectivity index (χ2n) is 3.83. The fourth-order valence-electron chi connectivity index (χ4n) is 1.73. The molecule has 3 heteroatoms. The zero-order valence-electron chi connectivity index (χ0n) is 9.63. The summed E-state index contributed by atoms with van der Waals surface area (Å²) in [4.78, 5) is 0. The molecule has 0 aliphatic rings. The maximum atomic E-state index is 13.8. The molecule has 0 aliphatic heterocycles. The lowest BCUT2D eigenvalue weighted by molar-refractivity contribution is 0.416. The van der Waals surface area contributed by atoms with Gasteiger partial charge in [0.1, 0.15) is 11.6 Å². The first kappa shape index (κ1) is 11.9. The topological polar surface area (TPSA) is 9.23 Å². The molecule has 0 atom stereocenters. The van der Waals surface area contributed by atoms with Crippen LogP contribution in [0.5, 0.6) is 5.75 Å². The van der Waals surface area contributed by atoms with Gasteiger partial charge in [-0.2, -0.15) is 0 Å². The molecule has 2 rings (SSSR count). The maximum absolute atomic E-state index is 13.8. The molecular formula is C14H12ClFO. The molecule has 88 valence electrons. The molecule has 1 nitrogen and oxygen atoms in total. The van der Waals surface area contributed by atoms with Crippen molar-refractivity contribution < 1.29 is 9.13 Å². The van der Waals surface area contributed by atoms with Gasteiger partial charge in [-0.05, 0) is 37.3 Å². The van der Waals surface area contributed by atoms with E-state index in [1.54, 1.807) is 37.4 Å². The molecule has 0 bridgehead atoms. The van der Waals surface area contributed by atoms with Crippen LogP contribution in [-0.2, 0) is 0 Å². The summed E-state index contributed by atoms with van der Waals surface area (Å²) in [5.74, 6) is 0.304. The zero-order chi connectivity index (χ0) is 12.4. The highest BCUT2D eigenvalue weighted by Gasteiger charge is 2.11. The van der Waals surface area contributed by atoms with Gasteiger partial charge in [-0.15, -0.1) is 0 Å². The van der Waals surface area contributed by atoms with Crippen molar-refractivity contribution in [2.75, 3.05) is 7.11 Å². The van der Waals surface area contributed by atoms with Crippen molar-refractivity contribution in [1.29, 1.82) is 0 Å². The molecule has 0 N–H and O–H groups in total. The predicted molar refractivity (Wildman–Crippen MR) is 68.1 cm³/mol. The van der Waals surface area contributed by atoms with Crippen LogP contribution in [0.3, 0.4) is 0 Å². The van der Waals surface area contributed by atoms with E-state index >= 15 is 0 Å². The Bertz CT molecular complexity index is 552. The predicted octanol–water partition coefficient (Wildman–Crippen LogP) is 4.46. The number of aryl methyl sites for hydroxylation is 1. The number of hydrogen-bond acceptors (Lipinski definition) is 1. The molecule has 0 radical (unpaired) electrons. The fourth-order valence-corrected chi connectivity index (χ4v) is 1.90. The minimum Gasteiger partial charge on any atom is -0.496 e. The molecule has 0 saturated heterocycles. The average Bonchev–Trinajstić information content (AvgIpc) is 2.32. The van der Waals surface area contributed by atoms with E-state index in [1.165, 1.54) is 6.07 Å². The summed E-state index contributed by atoms with van der Waals surface area (Å²) in [6.45, 7) is 1.92. The number of rotatable bonds is 2. The largest absolute Gasteiger partial charge is 0.496 e. The van der Waals surface area contributed by atoms with E-state index in [-0.39, 0.29) is 5.82 Å². The Morgan fingerprint density at radius 1 is 1.06 bits per heavy atom. The third-order valence-electron chi connectivity index (χ3n) is 2.58. The smallest absolute Gasteiger partial charge is 0.131 e. The van der Waals surface area contributed by atoms with Gasteiger partial charge in [0.2, 0.25) is 0 Å². The summed E-state index contributed by atoms with van der Waals surface area (Å²) in [6, 6.07) is 10.2. The average molecular weight is 251 g/mol. The Hall–Kier alpha value is -1.54. The first-order valence-corrected chi connectivity index (χ1v) is 5.59. The van der Waals surface area contributed by atoms with Crippen molar-refractivity contribution in [3.8, 4) is 16.9 Å². The molecule has 0 aromatic heterocycles. The minimum atomic E-state index is -0.267. The first-order valence-electron chi connectivity index (χ1n) is 5.22. The first-order chi connectivity index (χ1) is 8.11. The van der Waals surface area contributed by atoms with E-state index in [2.05, 4.69) is 0 Å². The molecule has 0 spiro atoms. The Morgan fingerprint density at radius 3 is 2.53 bits per heavy atom. The summed E-state index contributed by atoms with van der Waals surface area (Å²) in [6.07, 6.45) is 0. The third kappa shape index (κ3) is 2.42. The fraction of sp³-hybridized carbons (Fsp3) is 0.143. The van der Waals surface area contributed by atoms with E-state index < -0.39 is 0 Å². The van der Waals surface area contributed by atoms with Crippen LogP contribution in [0.1, 0.15) is 5.56 Å². The molecule has 0 amide bonds. The lowest BCUT2D eigenvalue weighted by atomic mass is 10.0. The van der Waals surface area contributed by atoms with Crippen molar-refractivity contribution in [3.05, 3.63) is 52.8 Å². The molecule has 0 saturated carbocycles. The summed E-state index contributed by atoms with van der Waals surface area (Å²) in [5, 5.41) is 0.568. The molecule has 0 heterocycles. The zero-order valence-corrected chi connectivity index (χ0v) is 10.4. The summed E-state index contributed by atoms with van der Waals surface area (Å²) in [7, 11) is 1.54. The van der Waals surface area contributed by atoms with Gasteiger partial charge in [0, 0.05) is 16.1 Å². The number of hydrogen-bond donors (Lipinski definition) is 0. The van der Waals surface area contributed by atoms with Crippen LogP contribution in [0.2, 0.25) is 5.02 Å². The van der Waals surface area contributed by atoms with Crippen LogP contribution in [0.25, 0.3) is 11.1 Å². The van der Waals surface area contributed by atoms with Crippen molar-refractivity contribution in [1.82, 2.24) is 0 Å². The highest BCUT2D eigenvalue weighted by atomic mass is 35.5. The highest BCUT2D eigenvalue weighted by molar-refractivity contribution is 6.30. The van der Waals surface area contributed by atoms with Crippen molar-refractivity contribution in [2.45, 2.75) is 6.92 Å². The summed E-state index contributed by atoms with van der Waals surface area (Å²) < 4.78 is 19.0. The Kier molecular flexibility index (Phi) is 3.34. The highest BCUT2D eigenvalue weighted by Crippen LogP contribution is 2.34. The quantitative estimate of drug-likeness (QED) is 0.765. The van der Waals surface area contributed by atoms with Gasteiger partial charge in [0.25, 0.3) is 0 Å². The number of benzene rings is 2. The second kappa shape index (κ2) is 4.76. The SMILES string of the molecule is COc1cc(Cl)ccc1-c1cc(C)ccc1F. The summed E-state index contributed by atoms with van der Waals surface area (Å²) >= 11 is 5.88. The Morgan fingerprint density at radius 2 is 1.82 bits per heavy atom. The van der Waals surface area contributed by atoms with E-state index in [0.29, 0.717) is 21.9 Å². The van der Waals surface area contributed by atoms with E-state index in [1.807, 2.05) is 6.92 Å². The van der Waals surface area contributed by atoms with E-state index in [9.17, 15) is 4.39 Å². The van der Waals surface area contributed by atoms with Crippen LogP contribution in [0.4, 0.5) is 4.39 Å². The third-order valence-corrected chi connectivity index (χ3v) is 2.81. The molecule has 0 unspecified atom stereocenters. The lowest BCUT2D eigenvalue weighted by Gasteiger charge is -2.10. The normalized spacial score (nSPS) is 10.4. The molecule has 2 aromatic carbocycles. The van der Waals surface area contributed by atoms with Crippen LogP contribution in [-0.4, -0.2) is 7.11 Å². The molecule has 17 heavy (non-hydrogen) atoms. The van der Waals surface area contributed by atoms with Gasteiger partial charge >= 0.3 is 0 Å². The minimum absolute atomic E-state index is 0.267. The van der Waals surface area contributed by atoms with Crippen LogP contribution < -0.4 is 4.74 Å². The molecule has 0 aliphatic carbocycles. The van der Waals surface area contributed by atoms with Gasteiger partial charge in [-0.1, -0.05) is 23.2 Å². The van der Waals surface area contributed by atoms with Gasteiger partial charge in [0.15, 0.2) is 0 Å². The van der Waals surface area contributed by atoms with Crippen molar-refractivity contribution in [2.24, 2.45) is 0 Å². The standard InChI is InChI=1S/C14H12ClFO/c1-9-3-6-13(16)12(7-9)11-5-4-10(15)8-14(11)17-2/h3-8H,1-2H3. The van der Waals surface area contributed by atoms with E-state index in [0.717, 1.165) is 5.56 Å². The molecule has 2 aromatic rings. The number of ether oxygens (including phenoxy) is 1. The van der Waals surface area contributed by atoms with Crippen LogP contribution >= 0.6 is 11.6 Å². The second-order valence-corrected chi connectivity index (χ2v) is 4.26. The Labute approximate surface area is 105 Å². The monoisotopic (exact) mass is 250 g/mol. The van der Waals surface area contributed by atoms with Gasteiger partial charge in [0.05, 0.1) is 7.11 Å². The van der Waals surface area contributed by atoms with Crippen molar-refractivity contribution in [3.63, 3.8) is 0 Å². The van der Waals surface area contributed by atoms with E-state index in [4.69, 9.17) is 16.3 Å². The molecule has 0 fully saturated rings. The lowest BCUT2D eigenvalue weighted by Crippen LogP contribution is -1.91. The van der Waals surface area contributed by atoms with Gasteiger partial charge < -0.3 is 4.74 Å². The molecular weight excluding hydrogens is 239 g/mol. The van der Waals surface area contributed by atoms with Gasteiger partial charge in [-0.3, -0.25) is 0 Å². The van der Waals surface area contributed by atoms with Crippen LogP contribution in [0.15, 0.2) is 36.4 Å². The summed E-state index contributed by atoms with van der Waals surface area (Å²) in [5.41, 5.74) is 2.23. The Balaban J connectivity index is 2.63. The number of halogens is 2. The van der Waals surface area contributed by atoms with Crippen LogP contribution in [0, 0.1) is 12.7 Å². The maximum Gasteiger partial charge on any atom is 0.131 e. The number of methoxy groups -OCH3 is 1.